The molecule has 0 aliphatic rings. The van der Waals surface area contributed by atoms with Gasteiger partial charge in [0.25, 0.3) is 0 Å². The van der Waals surface area contributed by atoms with Crippen LogP contribution in [0.5, 0.6) is 0 Å². The van der Waals surface area contributed by atoms with Crippen molar-refractivity contribution in [1.82, 2.24) is 9.97 Å². The first kappa shape index (κ1) is 12.7. The number of thioether (sulfide) groups is 1. The van der Waals surface area contributed by atoms with Crippen molar-refractivity contribution in [2.24, 2.45) is 11.8 Å². The molecule has 0 atom stereocenters. The Bertz CT molecular complexity index is 319. The second-order valence-electron chi connectivity index (χ2n) is 3.52. The lowest BCUT2D eigenvalue weighted by atomic mass is 10.2. The van der Waals surface area contributed by atoms with Crippen LogP contribution in [0.15, 0.2) is 15.7 Å². The monoisotopic (exact) mass is 290 g/mol. The quantitative estimate of drug-likeness (QED) is 0.378. The Morgan fingerprint density at radius 1 is 1.60 bits per heavy atom. The molecule has 0 unspecified atom stereocenters. The van der Waals surface area contributed by atoms with Crippen LogP contribution < -0.4 is 11.3 Å². The van der Waals surface area contributed by atoms with E-state index in [0.717, 1.165) is 15.3 Å². The average Bonchev–Trinajstić information content (AvgIpc) is 2.20. The van der Waals surface area contributed by atoms with Crippen molar-refractivity contribution in [3.05, 3.63) is 10.7 Å². The molecule has 0 bridgehead atoms. The first-order valence-corrected chi connectivity index (χ1v) is 6.53. The third-order valence-corrected chi connectivity index (χ3v) is 3.64. The van der Waals surface area contributed by atoms with E-state index in [2.05, 4.69) is 45.2 Å². The van der Waals surface area contributed by atoms with E-state index < -0.39 is 0 Å². The predicted molar refractivity (Wildman–Crippen MR) is 67.7 cm³/mol. The Balaban J connectivity index is 2.59. The summed E-state index contributed by atoms with van der Waals surface area (Å²) in [5.74, 6) is 7.46. The first-order valence-electron chi connectivity index (χ1n) is 4.75. The number of nitrogen functional groups attached to an aromatic ring is 1. The third kappa shape index (κ3) is 4.36. The van der Waals surface area contributed by atoms with E-state index in [1.54, 1.807) is 18.0 Å². The second kappa shape index (κ2) is 6.30. The van der Waals surface area contributed by atoms with Gasteiger partial charge in [0, 0.05) is 6.20 Å². The lowest BCUT2D eigenvalue weighted by molar-refractivity contribution is 0.632. The number of hydrazine groups is 1. The number of nitrogens with zero attached hydrogens (tertiary/aromatic N) is 2. The van der Waals surface area contributed by atoms with Crippen LogP contribution in [-0.2, 0) is 0 Å². The fourth-order valence-electron chi connectivity index (χ4n) is 0.914. The molecule has 15 heavy (non-hydrogen) atoms. The number of halogens is 1. The van der Waals surface area contributed by atoms with Crippen LogP contribution in [0, 0.1) is 5.92 Å². The van der Waals surface area contributed by atoms with E-state index in [9.17, 15) is 0 Å². The van der Waals surface area contributed by atoms with E-state index in [1.807, 2.05) is 0 Å². The van der Waals surface area contributed by atoms with Crippen LogP contribution >= 0.6 is 27.7 Å². The minimum Gasteiger partial charge on any atom is -0.292 e. The molecular weight excluding hydrogens is 276 g/mol. The molecule has 1 aromatic heterocycles. The zero-order chi connectivity index (χ0) is 11.3. The maximum Gasteiger partial charge on any atom is 0.238 e. The normalized spacial score (nSPS) is 10.7. The molecule has 1 rings (SSSR count). The number of nitrogens with one attached hydrogen (secondary N) is 1. The zero-order valence-corrected chi connectivity index (χ0v) is 11.2. The molecule has 0 fully saturated rings. The summed E-state index contributed by atoms with van der Waals surface area (Å²) in [5, 5.41) is 0.929. The molecule has 0 radical (unpaired) electrons. The molecule has 0 aromatic carbocycles. The van der Waals surface area contributed by atoms with Gasteiger partial charge in [-0.25, -0.2) is 15.8 Å². The maximum absolute atomic E-state index is 5.25. The number of rotatable bonds is 5. The summed E-state index contributed by atoms with van der Waals surface area (Å²) < 4.78 is 0.912. The first-order chi connectivity index (χ1) is 7.13. The van der Waals surface area contributed by atoms with E-state index in [0.29, 0.717) is 11.9 Å². The lowest BCUT2D eigenvalue weighted by Crippen LogP contribution is -2.10. The van der Waals surface area contributed by atoms with Gasteiger partial charge in [-0.05, 0) is 34.0 Å². The van der Waals surface area contributed by atoms with Crippen LogP contribution in [0.4, 0.5) is 5.95 Å². The Hall–Kier alpha value is -0.330. The molecule has 0 aliphatic carbocycles. The zero-order valence-electron chi connectivity index (χ0n) is 8.83. The van der Waals surface area contributed by atoms with Gasteiger partial charge in [0.1, 0.15) is 5.03 Å². The summed E-state index contributed by atoms with van der Waals surface area (Å²) >= 11 is 5.12. The molecule has 1 aromatic rings. The molecule has 0 saturated heterocycles. The highest BCUT2D eigenvalue weighted by atomic mass is 79.9. The molecule has 0 aliphatic heterocycles. The van der Waals surface area contributed by atoms with Crippen LogP contribution in [0.25, 0.3) is 0 Å². The second-order valence-corrected chi connectivity index (χ2v) is 5.46. The highest BCUT2D eigenvalue weighted by Gasteiger charge is 2.05. The smallest absolute Gasteiger partial charge is 0.238 e. The summed E-state index contributed by atoms with van der Waals surface area (Å²) in [7, 11) is 0. The number of hydrogen-bond acceptors (Lipinski definition) is 5. The lowest BCUT2D eigenvalue weighted by Gasteiger charge is -2.06. The van der Waals surface area contributed by atoms with Crippen molar-refractivity contribution < 1.29 is 0 Å². The SMILES string of the molecule is CC(C)CCSc1nc(NN)ncc1Br. The molecule has 6 heteroatoms. The van der Waals surface area contributed by atoms with Gasteiger partial charge >= 0.3 is 0 Å². The van der Waals surface area contributed by atoms with Gasteiger partial charge in [-0.3, -0.25) is 5.43 Å². The average molecular weight is 291 g/mol. The minimum atomic E-state index is 0.449. The Morgan fingerprint density at radius 2 is 2.33 bits per heavy atom. The molecule has 1 heterocycles. The topological polar surface area (TPSA) is 63.8 Å². The Morgan fingerprint density at radius 3 is 2.93 bits per heavy atom. The van der Waals surface area contributed by atoms with Crippen molar-refractivity contribution in [1.29, 1.82) is 0 Å². The molecule has 3 N–H and O–H groups in total. The molecule has 84 valence electrons. The van der Waals surface area contributed by atoms with Crippen molar-refractivity contribution >= 4 is 33.6 Å². The highest BCUT2D eigenvalue weighted by molar-refractivity contribution is 9.10. The number of nitrogens with two attached hydrogens (primary N) is 1. The highest BCUT2D eigenvalue weighted by Crippen LogP contribution is 2.26. The van der Waals surface area contributed by atoms with E-state index in [4.69, 9.17) is 5.84 Å². The predicted octanol–water partition coefficient (Wildman–Crippen LogP) is 2.66. The van der Waals surface area contributed by atoms with E-state index >= 15 is 0 Å². The summed E-state index contributed by atoms with van der Waals surface area (Å²) in [4.78, 5) is 8.25. The van der Waals surface area contributed by atoms with Gasteiger partial charge < -0.3 is 0 Å². The van der Waals surface area contributed by atoms with Crippen LogP contribution in [0.1, 0.15) is 20.3 Å². The summed E-state index contributed by atoms with van der Waals surface area (Å²) in [6.45, 7) is 4.42. The summed E-state index contributed by atoms with van der Waals surface area (Å²) in [5.41, 5.74) is 2.44. The Labute approximate surface area is 103 Å². The largest absolute Gasteiger partial charge is 0.292 e. The van der Waals surface area contributed by atoms with Gasteiger partial charge in [0.2, 0.25) is 5.95 Å². The van der Waals surface area contributed by atoms with Crippen molar-refractivity contribution in [3.63, 3.8) is 0 Å². The molecule has 0 spiro atoms. The number of aromatic nitrogens is 2. The minimum absolute atomic E-state index is 0.449. The van der Waals surface area contributed by atoms with Crippen molar-refractivity contribution in [2.45, 2.75) is 25.3 Å². The molecule has 4 nitrogen and oxygen atoms in total. The summed E-state index contributed by atoms with van der Waals surface area (Å²) in [6.07, 6.45) is 2.88. The third-order valence-electron chi connectivity index (χ3n) is 1.78. The van der Waals surface area contributed by atoms with Gasteiger partial charge in [-0.2, -0.15) is 0 Å². The standard InChI is InChI=1S/C9H15BrN4S/c1-6(2)3-4-15-8-7(10)5-12-9(13-8)14-11/h5-6H,3-4,11H2,1-2H3,(H,12,13,14). The van der Waals surface area contributed by atoms with Gasteiger partial charge in [0.05, 0.1) is 4.47 Å². The van der Waals surface area contributed by atoms with E-state index in [1.165, 1.54) is 6.42 Å². The van der Waals surface area contributed by atoms with Crippen LogP contribution in [0.2, 0.25) is 0 Å². The molecular formula is C9H15BrN4S. The van der Waals surface area contributed by atoms with Gasteiger partial charge in [-0.1, -0.05) is 13.8 Å². The number of anilines is 1. The molecule has 0 saturated carbocycles. The van der Waals surface area contributed by atoms with Crippen LogP contribution in [-0.4, -0.2) is 15.7 Å². The van der Waals surface area contributed by atoms with Gasteiger partial charge in [0.15, 0.2) is 0 Å². The fourth-order valence-corrected chi connectivity index (χ4v) is 2.57. The maximum atomic E-state index is 5.25. The van der Waals surface area contributed by atoms with Crippen molar-refractivity contribution in [2.75, 3.05) is 11.2 Å². The summed E-state index contributed by atoms with van der Waals surface area (Å²) in [6, 6.07) is 0. The van der Waals surface area contributed by atoms with Crippen LogP contribution in [0.3, 0.4) is 0 Å². The Kier molecular flexibility index (Phi) is 5.35. The van der Waals surface area contributed by atoms with Crippen molar-refractivity contribution in [3.8, 4) is 0 Å². The van der Waals surface area contributed by atoms with Gasteiger partial charge in [-0.15, -0.1) is 11.8 Å². The van der Waals surface area contributed by atoms with E-state index in [-0.39, 0.29) is 0 Å². The fraction of sp³-hybridized carbons (Fsp3) is 0.556. The molecule has 0 amide bonds. The number of hydrogen-bond donors (Lipinski definition) is 2.